The van der Waals surface area contributed by atoms with Gasteiger partial charge >= 0.3 is 0 Å². The van der Waals surface area contributed by atoms with Crippen molar-refractivity contribution in [2.24, 2.45) is 0 Å². The summed E-state index contributed by atoms with van der Waals surface area (Å²) < 4.78 is 5.57. The lowest BCUT2D eigenvalue weighted by Crippen LogP contribution is -2.23. The van der Waals surface area contributed by atoms with Gasteiger partial charge in [-0.3, -0.25) is 0 Å². The molecule has 0 saturated heterocycles. The standard InChI is InChI=1S/C20H25N3OS/c1-14-13-16-17(21-12-8-11-15-9-6-5-7-10-15)22-19(20(2,3)24-4)23-18(16)25-14/h5-7,9-10,13H,8,11-12H2,1-4H3,(H,21,22,23). The van der Waals surface area contributed by atoms with Gasteiger partial charge in [-0.1, -0.05) is 30.3 Å². The first kappa shape index (κ1) is 17.8. The fraction of sp³-hybridized carbons (Fsp3) is 0.400. The van der Waals surface area contributed by atoms with Crippen molar-refractivity contribution in [3.8, 4) is 0 Å². The van der Waals surface area contributed by atoms with Gasteiger partial charge in [-0.2, -0.15) is 0 Å². The first-order valence-electron chi connectivity index (χ1n) is 8.61. The lowest BCUT2D eigenvalue weighted by Gasteiger charge is -2.22. The van der Waals surface area contributed by atoms with Crippen LogP contribution in [-0.2, 0) is 16.8 Å². The molecule has 3 rings (SSSR count). The normalized spacial score (nSPS) is 11.8. The van der Waals surface area contributed by atoms with Crippen molar-refractivity contribution in [3.05, 3.63) is 52.7 Å². The molecule has 0 saturated carbocycles. The quantitative estimate of drug-likeness (QED) is 0.611. The van der Waals surface area contributed by atoms with Gasteiger partial charge in [-0.05, 0) is 45.2 Å². The second-order valence-corrected chi connectivity index (χ2v) is 7.94. The molecule has 0 aliphatic rings. The summed E-state index contributed by atoms with van der Waals surface area (Å²) in [6.45, 7) is 6.97. The van der Waals surface area contributed by atoms with Crippen molar-refractivity contribution < 1.29 is 4.74 Å². The number of hydrogen-bond acceptors (Lipinski definition) is 5. The Morgan fingerprint density at radius 2 is 1.92 bits per heavy atom. The smallest absolute Gasteiger partial charge is 0.163 e. The van der Waals surface area contributed by atoms with E-state index in [-0.39, 0.29) is 0 Å². The van der Waals surface area contributed by atoms with Crippen LogP contribution in [0.15, 0.2) is 36.4 Å². The third-order valence-electron chi connectivity index (χ3n) is 4.34. The van der Waals surface area contributed by atoms with Gasteiger partial charge in [0.1, 0.15) is 16.2 Å². The van der Waals surface area contributed by atoms with Gasteiger partial charge in [0.25, 0.3) is 0 Å². The molecule has 0 radical (unpaired) electrons. The third kappa shape index (κ3) is 4.17. The highest BCUT2D eigenvalue weighted by Gasteiger charge is 2.25. The predicted octanol–water partition coefficient (Wildman–Crippen LogP) is 4.93. The maximum absolute atomic E-state index is 5.57. The summed E-state index contributed by atoms with van der Waals surface area (Å²) in [4.78, 5) is 11.7. The van der Waals surface area contributed by atoms with E-state index in [1.807, 2.05) is 13.8 Å². The molecule has 132 valence electrons. The molecule has 5 heteroatoms. The summed E-state index contributed by atoms with van der Waals surface area (Å²) in [6, 6.07) is 12.7. The van der Waals surface area contributed by atoms with E-state index < -0.39 is 5.60 Å². The highest BCUT2D eigenvalue weighted by molar-refractivity contribution is 7.18. The van der Waals surface area contributed by atoms with Crippen LogP contribution in [-0.4, -0.2) is 23.6 Å². The summed E-state index contributed by atoms with van der Waals surface area (Å²) in [5.41, 5.74) is 0.858. The molecular weight excluding hydrogens is 330 g/mol. The largest absolute Gasteiger partial charge is 0.371 e. The molecule has 4 nitrogen and oxygen atoms in total. The molecule has 0 aliphatic heterocycles. The first-order valence-corrected chi connectivity index (χ1v) is 9.43. The van der Waals surface area contributed by atoms with E-state index in [9.17, 15) is 0 Å². The molecule has 3 aromatic rings. The maximum atomic E-state index is 5.57. The molecule has 0 amide bonds. The van der Waals surface area contributed by atoms with Crippen molar-refractivity contribution in [3.63, 3.8) is 0 Å². The molecule has 2 aromatic heterocycles. The van der Waals surface area contributed by atoms with Crippen LogP contribution in [0.2, 0.25) is 0 Å². The van der Waals surface area contributed by atoms with E-state index in [2.05, 4.69) is 48.6 Å². The third-order valence-corrected chi connectivity index (χ3v) is 5.29. The zero-order valence-electron chi connectivity index (χ0n) is 15.3. The average molecular weight is 356 g/mol. The zero-order chi connectivity index (χ0) is 17.9. The Morgan fingerprint density at radius 1 is 1.16 bits per heavy atom. The zero-order valence-corrected chi connectivity index (χ0v) is 16.1. The number of fused-ring (bicyclic) bond motifs is 1. The number of rotatable bonds is 7. The van der Waals surface area contributed by atoms with Crippen molar-refractivity contribution in [1.82, 2.24) is 9.97 Å². The summed E-state index contributed by atoms with van der Waals surface area (Å²) in [7, 11) is 1.69. The molecular formula is C20H25N3OS. The minimum absolute atomic E-state index is 0.507. The van der Waals surface area contributed by atoms with E-state index in [1.54, 1.807) is 18.4 Å². The second kappa shape index (κ2) is 7.50. The Kier molecular flexibility index (Phi) is 5.35. The summed E-state index contributed by atoms with van der Waals surface area (Å²) in [5, 5.41) is 4.60. The number of nitrogens with one attached hydrogen (secondary N) is 1. The summed E-state index contributed by atoms with van der Waals surface area (Å²) >= 11 is 1.70. The van der Waals surface area contributed by atoms with Gasteiger partial charge in [0.05, 0.1) is 5.39 Å². The van der Waals surface area contributed by atoms with Crippen LogP contribution in [0, 0.1) is 6.92 Å². The molecule has 0 spiro atoms. The number of methoxy groups -OCH3 is 1. The molecule has 0 bridgehead atoms. The van der Waals surface area contributed by atoms with Gasteiger partial charge in [-0.15, -0.1) is 11.3 Å². The minimum Gasteiger partial charge on any atom is -0.371 e. The number of nitrogens with zero attached hydrogens (tertiary/aromatic N) is 2. The van der Waals surface area contributed by atoms with E-state index in [0.29, 0.717) is 0 Å². The fourth-order valence-electron chi connectivity index (χ4n) is 2.68. The predicted molar refractivity (Wildman–Crippen MR) is 105 cm³/mol. The Hall–Kier alpha value is -1.98. The van der Waals surface area contributed by atoms with Gasteiger partial charge in [0.15, 0.2) is 5.82 Å². The van der Waals surface area contributed by atoms with Crippen LogP contribution in [0.4, 0.5) is 5.82 Å². The van der Waals surface area contributed by atoms with Crippen LogP contribution < -0.4 is 5.32 Å². The molecule has 25 heavy (non-hydrogen) atoms. The molecule has 1 aromatic carbocycles. The van der Waals surface area contributed by atoms with Crippen LogP contribution in [0.25, 0.3) is 10.2 Å². The number of thiophene rings is 1. The monoisotopic (exact) mass is 355 g/mol. The molecule has 0 unspecified atom stereocenters. The number of benzene rings is 1. The first-order chi connectivity index (χ1) is 12.0. The highest BCUT2D eigenvalue weighted by Crippen LogP contribution is 2.31. The Morgan fingerprint density at radius 3 is 2.64 bits per heavy atom. The number of aromatic nitrogens is 2. The number of ether oxygens (including phenoxy) is 1. The van der Waals surface area contributed by atoms with Crippen LogP contribution in [0.3, 0.4) is 0 Å². The van der Waals surface area contributed by atoms with E-state index in [0.717, 1.165) is 41.2 Å². The lowest BCUT2D eigenvalue weighted by atomic mass is 10.1. The topological polar surface area (TPSA) is 47.0 Å². The molecule has 0 atom stereocenters. The van der Waals surface area contributed by atoms with Crippen molar-refractivity contribution in [1.29, 1.82) is 0 Å². The fourth-order valence-corrected chi connectivity index (χ4v) is 3.56. The van der Waals surface area contributed by atoms with Gasteiger partial charge < -0.3 is 10.1 Å². The van der Waals surface area contributed by atoms with E-state index >= 15 is 0 Å². The molecule has 0 fully saturated rings. The Balaban J connectivity index is 1.77. The summed E-state index contributed by atoms with van der Waals surface area (Å²) in [6.07, 6.45) is 2.11. The van der Waals surface area contributed by atoms with Crippen LogP contribution >= 0.6 is 11.3 Å². The van der Waals surface area contributed by atoms with Crippen molar-refractivity contribution >= 4 is 27.4 Å². The molecule has 1 N–H and O–H groups in total. The molecule has 2 heterocycles. The SMILES string of the molecule is COC(C)(C)c1nc(NCCCc2ccccc2)c2cc(C)sc2n1. The lowest BCUT2D eigenvalue weighted by molar-refractivity contribution is 0.0119. The summed E-state index contributed by atoms with van der Waals surface area (Å²) in [5.74, 6) is 1.62. The Labute approximate surface area is 153 Å². The van der Waals surface area contributed by atoms with Crippen molar-refractivity contribution in [2.45, 2.75) is 39.2 Å². The maximum Gasteiger partial charge on any atom is 0.163 e. The van der Waals surface area contributed by atoms with Gasteiger partial charge in [-0.25, -0.2) is 9.97 Å². The van der Waals surface area contributed by atoms with Gasteiger partial charge in [0, 0.05) is 18.5 Å². The second-order valence-electron chi connectivity index (χ2n) is 6.70. The Bertz CT molecular complexity index is 843. The van der Waals surface area contributed by atoms with Gasteiger partial charge in [0.2, 0.25) is 0 Å². The van der Waals surface area contributed by atoms with Crippen LogP contribution in [0.1, 0.15) is 36.5 Å². The average Bonchev–Trinajstić information content (AvgIpc) is 2.99. The number of anilines is 1. The molecule has 0 aliphatic carbocycles. The number of aryl methyl sites for hydroxylation is 2. The van der Waals surface area contributed by atoms with E-state index in [4.69, 9.17) is 14.7 Å². The minimum atomic E-state index is -0.507. The van der Waals surface area contributed by atoms with Crippen molar-refractivity contribution in [2.75, 3.05) is 19.0 Å². The van der Waals surface area contributed by atoms with E-state index in [1.165, 1.54) is 10.4 Å². The highest BCUT2D eigenvalue weighted by atomic mass is 32.1. The van der Waals surface area contributed by atoms with Crippen LogP contribution in [0.5, 0.6) is 0 Å². The number of hydrogen-bond donors (Lipinski definition) is 1.